The van der Waals surface area contributed by atoms with Crippen LogP contribution in [0.2, 0.25) is 0 Å². The highest BCUT2D eigenvalue weighted by Crippen LogP contribution is 2.23. The number of aliphatic hydroxyl groups excluding tert-OH is 1. The maximum atomic E-state index is 11.8. The van der Waals surface area contributed by atoms with Crippen LogP contribution in [0.3, 0.4) is 0 Å². The zero-order chi connectivity index (χ0) is 16.7. The maximum Gasteiger partial charge on any atom is 0.220 e. The van der Waals surface area contributed by atoms with E-state index < -0.39 is 6.10 Å². The molecular formula is C19H25NO3. The van der Waals surface area contributed by atoms with Gasteiger partial charge in [0.2, 0.25) is 5.91 Å². The minimum Gasteiger partial charge on any atom is -0.466 e. The lowest BCUT2D eigenvalue weighted by Crippen LogP contribution is -2.25. The van der Waals surface area contributed by atoms with E-state index in [0.29, 0.717) is 19.4 Å². The SMILES string of the molecule is Cc1cc(C(O)CCNC(=O)CCCc2ccccc2)c(C)o1. The average molecular weight is 315 g/mol. The van der Waals surface area contributed by atoms with Crippen molar-refractivity contribution in [3.8, 4) is 0 Å². The van der Waals surface area contributed by atoms with Crippen LogP contribution >= 0.6 is 0 Å². The predicted octanol–water partition coefficient (Wildman–Crippen LogP) is 3.46. The summed E-state index contributed by atoms with van der Waals surface area (Å²) in [6.45, 7) is 4.17. The number of nitrogens with one attached hydrogen (secondary N) is 1. The van der Waals surface area contributed by atoms with Gasteiger partial charge < -0.3 is 14.8 Å². The number of furan rings is 1. The first-order valence-corrected chi connectivity index (χ1v) is 8.12. The molecule has 0 radical (unpaired) electrons. The Labute approximate surface area is 137 Å². The van der Waals surface area contributed by atoms with Crippen LogP contribution in [0.25, 0.3) is 0 Å². The number of aliphatic hydroxyl groups is 1. The lowest BCUT2D eigenvalue weighted by molar-refractivity contribution is -0.121. The minimum atomic E-state index is -0.600. The normalized spacial score (nSPS) is 12.1. The van der Waals surface area contributed by atoms with Gasteiger partial charge in [-0.3, -0.25) is 4.79 Å². The van der Waals surface area contributed by atoms with Crippen LogP contribution < -0.4 is 5.32 Å². The zero-order valence-electron chi connectivity index (χ0n) is 13.8. The van der Waals surface area contributed by atoms with Gasteiger partial charge in [-0.25, -0.2) is 0 Å². The van der Waals surface area contributed by atoms with Crippen molar-refractivity contribution in [1.29, 1.82) is 0 Å². The molecule has 0 aliphatic carbocycles. The highest BCUT2D eigenvalue weighted by Gasteiger charge is 2.14. The molecule has 0 spiro atoms. The summed E-state index contributed by atoms with van der Waals surface area (Å²) in [5, 5.41) is 13.0. The molecule has 2 aromatic rings. The Morgan fingerprint density at radius 1 is 1.26 bits per heavy atom. The Morgan fingerprint density at radius 2 is 2.00 bits per heavy atom. The van der Waals surface area contributed by atoms with E-state index >= 15 is 0 Å². The van der Waals surface area contributed by atoms with Gasteiger partial charge in [-0.1, -0.05) is 30.3 Å². The summed E-state index contributed by atoms with van der Waals surface area (Å²) in [4.78, 5) is 11.8. The van der Waals surface area contributed by atoms with Crippen molar-refractivity contribution in [1.82, 2.24) is 5.32 Å². The molecule has 1 heterocycles. The second kappa shape index (κ2) is 8.53. The van der Waals surface area contributed by atoms with Gasteiger partial charge in [0, 0.05) is 18.5 Å². The molecule has 1 atom stereocenters. The number of hydrogen-bond acceptors (Lipinski definition) is 3. The molecule has 1 unspecified atom stereocenters. The molecule has 0 aliphatic heterocycles. The minimum absolute atomic E-state index is 0.0354. The third kappa shape index (κ3) is 5.57. The molecule has 0 fully saturated rings. The van der Waals surface area contributed by atoms with E-state index in [1.165, 1.54) is 5.56 Å². The molecule has 1 amide bonds. The van der Waals surface area contributed by atoms with Crippen LogP contribution in [0.5, 0.6) is 0 Å². The molecule has 0 saturated carbocycles. The molecule has 23 heavy (non-hydrogen) atoms. The summed E-state index contributed by atoms with van der Waals surface area (Å²) in [5.74, 6) is 1.57. The predicted molar refractivity (Wildman–Crippen MR) is 90.1 cm³/mol. The van der Waals surface area contributed by atoms with Gasteiger partial charge in [0.25, 0.3) is 0 Å². The van der Waals surface area contributed by atoms with E-state index in [1.54, 1.807) is 0 Å². The third-order valence-electron chi connectivity index (χ3n) is 3.89. The first kappa shape index (κ1) is 17.3. The van der Waals surface area contributed by atoms with Crippen molar-refractivity contribution in [3.05, 3.63) is 59.0 Å². The van der Waals surface area contributed by atoms with Gasteiger partial charge >= 0.3 is 0 Å². The van der Waals surface area contributed by atoms with Gasteiger partial charge in [0.15, 0.2) is 0 Å². The van der Waals surface area contributed by atoms with Crippen LogP contribution in [-0.4, -0.2) is 17.6 Å². The summed E-state index contributed by atoms with van der Waals surface area (Å²) in [7, 11) is 0. The molecular weight excluding hydrogens is 290 g/mol. The summed E-state index contributed by atoms with van der Waals surface area (Å²) >= 11 is 0. The Hall–Kier alpha value is -2.07. The molecule has 4 nitrogen and oxygen atoms in total. The summed E-state index contributed by atoms with van der Waals surface area (Å²) in [6, 6.07) is 12.0. The zero-order valence-corrected chi connectivity index (χ0v) is 13.8. The van der Waals surface area contributed by atoms with Crippen LogP contribution in [-0.2, 0) is 11.2 Å². The Kier molecular flexibility index (Phi) is 6.41. The second-order valence-electron chi connectivity index (χ2n) is 5.86. The van der Waals surface area contributed by atoms with Crippen molar-refractivity contribution in [2.75, 3.05) is 6.54 Å². The molecule has 0 saturated heterocycles. The van der Waals surface area contributed by atoms with Crippen molar-refractivity contribution in [2.24, 2.45) is 0 Å². The Bertz CT molecular complexity index is 619. The van der Waals surface area contributed by atoms with Crippen LogP contribution in [0.1, 0.15) is 48.0 Å². The van der Waals surface area contributed by atoms with Gasteiger partial charge in [-0.15, -0.1) is 0 Å². The fourth-order valence-electron chi connectivity index (χ4n) is 2.67. The summed E-state index contributed by atoms with van der Waals surface area (Å²) in [6.07, 6.45) is 2.14. The summed E-state index contributed by atoms with van der Waals surface area (Å²) in [5.41, 5.74) is 2.06. The number of hydrogen-bond donors (Lipinski definition) is 2. The molecule has 0 bridgehead atoms. The molecule has 2 rings (SSSR count). The van der Waals surface area contributed by atoms with Gasteiger partial charge in [-0.2, -0.15) is 0 Å². The molecule has 1 aromatic heterocycles. The lowest BCUT2D eigenvalue weighted by atomic mass is 10.1. The smallest absolute Gasteiger partial charge is 0.220 e. The number of benzene rings is 1. The van der Waals surface area contributed by atoms with Crippen LogP contribution in [0.4, 0.5) is 0 Å². The molecule has 0 aliphatic rings. The Morgan fingerprint density at radius 3 is 2.65 bits per heavy atom. The first-order valence-electron chi connectivity index (χ1n) is 8.12. The van der Waals surface area contributed by atoms with E-state index in [-0.39, 0.29) is 5.91 Å². The number of carbonyl (C=O) groups excluding carboxylic acids is 1. The fourth-order valence-corrected chi connectivity index (χ4v) is 2.67. The molecule has 124 valence electrons. The van der Waals surface area contributed by atoms with Gasteiger partial charge in [-0.05, 0) is 44.7 Å². The number of aryl methyl sites for hydroxylation is 3. The number of amides is 1. The quantitative estimate of drug-likeness (QED) is 0.784. The number of rotatable bonds is 8. The third-order valence-corrected chi connectivity index (χ3v) is 3.89. The summed E-state index contributed by atoms with van der Waals surface area (Å²) < 4.78 is 5.41. The van der Waals surface area contributed by atoms with Crippen LogP contribution in [0, 0.1) is 13.8 Å². The lowest BCUT2D eigenvalue weighted by Gasteiger charge is -2.10. The van der Waals surface area contributed by atoms with E-state index in [1.807, 2.05) is 38.1 Å². The van der Waals surface area contributed by atoms with Crippen molar-refractivity contribution in [3.63, 3.8) is 0 Å². The highest BCUT2D eigenvalue weighted by molar-refractivity contribution is 5.75. The monoisotopic (exact) mass is 315 g/mol. The van der Waals surface area contributed by atoms with E-state index in [4.69, 9.17) is 4.42 Å². The molecule has 2 N–H and O–H groups in total. The standard InChI is InChI=1S/C19H25NO3/c1-14-13-17(15(2)23-14)18(21)11-12-20-19(22)10-6-9-16-7-4-3-5-8-16/h3-5,7-8,13,18,21H,6,9-12H2,1-2H3,(H,20,22). The van der Waals surface area contributed by atoms with Crippen molar-refractivity contribution < 1.29 is 14.3 Å². The number of carbonyl (C=O) groups is 1. The van der Waals surface area contributed by atoms with E-state index in [0.717, 1.165) is 29.9 Å². The highest BCUT2D eigenvalue weighted by atomic mass is 16.3. The fraction of sp³-hybridized carbons (Fsp3) is 0.421. The van der Waals surface area contributed by atoms with E-state index in [2.05, 4.69) is 17.4 Å². The Balaban J connectivity index is 1.64. The second-order valence-corrected chi connectivity index (χ2v) is 5.86. The largest absolute Gasteiger partial charge is 0.466 e. The van der Waals surface area contributed by atoms with E-state index in [9.17, 15) is 9.90 Å². The first-order chi connectivity index (χ1) is 11.1. The van der Waals surface area contributed by atoms with Crippen LogP contribution in [0.15, 0.2) is 40.8 Å². The average Bonchev–Trinajstić information content (AvgIpc) is 2.87. The van der Waals surface area contributed by atoms with Gasteiger partial charge in [0.05, 0.1) is 6.10 Å². The topological polar surface area (TPSA) is 62.5 Å². The van der Waals surface area contributed by atoms with Crippen molar-refractivity contribution in [2.45, 2.75) is 45.6 Å². The molecule has 1 aromatic carbocycles. The maximum absolute atomic E-state index is 11.8. The van der Waals surface area contributed by atoms with Crippen molar-refractivity contribution >= 4 is 5.91 Å². The molecule has 4 heteroatoms. The van der Waals surface area contributed by atoms with Gasteiger partial charge in [0.1, 0.15) is 11.5 Å².